The van der Waals surface area contributed by atoms with Crippen LogP contribution in [0.25, 0.3) is 0 Å². The van der Waals surface area contributed by atoms with Gasteiger partial charge in [-0.2, -0.15) is 13.2 Å². The maximum atomic E-state index is 12.6. The lowest BCUT2D eigenvalue weighted by Crippen LogP contribution is -2.21. The number of hydrogen-bond acceptors (Lipinski definition) is 2. The van der Waals surface area contributed by atoms with E-state index in [0.717, 1.165) is 23.3 Å². The van der Waals surface area contributed by atoms with Crippen molar-refractivity contribution in [3.63, 3.8) is 0 Å². The van der Waals surface area contributed by atoms with Gasteiger partial charge >= 0.3 is 6.18 Å². The fraction of sp³-hybridized carbons (Fsp3) is 0.235. The van der Waals surface area contributed by atoms with Gasteiger partial charge in [0.2, 0.25) is 0 Å². The van der Waals surface area contributed by atoms with E-state index in [-0.39, 0.29) is 12.4 Å². The molecule has 0 bridgehead atoms. The molecule has 1 amide bonds. The minimum absolute atomic E-state index is 0.00376. The van der Waals surface area contributed by atoms with E-state index >= 15 is 0 Å². The van der Waals surface area contributed by atoms with Crippen molar-refractivity contribution in [1.82, 2.24) is 0 Å². The van der Waals surface area contributed by atoms with Gasteiger partial charge in [-0.1, -0.05) is 18.2 Å². The molecule has 0 aromatic heterocycles. The van der Waals surface area contributed by atoms with Gasteiger partial charge in [0.1, 0.15) is 5.75 Å². The van der Waals surface area contributed by atoms with E-state index in [9.17, 15) is 18.0 Å². The molecule has 6 heteroatoms. The first-order valence-corrected chi connectivity index (χ1v) is 6.93. The second-order valence-corrected chi connectivity index (χ2v) is 5.11. The zero-order valence-corrected chi connectivity index (χ0v) is 12.7. The maximum absolute atomic E-state index is 12.6. The number of rotatable bonds is 4. The number of aryl methyl sites for hydroxylation is 1. The van der Waals surface area contributed by atoms with Crippen LogP contribution in [-0.2, 0) is 11.0 Å². The highest BCUT2D eigenvalue weighted by molar-refractivity contribution is 5.92. The molecule has 0 radical (unpaired) electrons. The van der Waals surface area contributed by atoms with Gasteiger partial charge in [0.25, 0.3) is 5.91 Å². The summed E-state index contributed by atoms with van der Waals surface area (Å²) in [5.74, 6) is -0.438. The summed E-state index contributed by atoms with van der Waals surface area (Å²) in [7, 11) is 0. The van der Waals surface area contributed by atoms with Crippen LogP contribution in [0.15, 0.2) is 42.5 Å². The lowest BCUT2D eigenvalue weighted by molar-refractivity contribution is -0.137. The van der Waals surface area contributed by atoms with Crippen molar-refractivity contribution in [1.29, 1.82) is 0 Å². The number of ether oxygens (including phenoxy) is 1. The maximum Gasteiger partial charge on any atom is 0.416 e. The Kier molecular flexibility index (Phi) is 4.93. The average molecular weight is 323 g/mol. The van der Waals surface area contributed by atoms with Crippen LogP contribution in [0.1, 0.15) is 16.7 Å². The van der Waals surface area contributed by atoms with Crippen LogP contribution in [0.4, 0.5) is 18.9 Å². The molecular formula is C17H16F3NO2. The van der Waals surface area contributed by atoms with Crippen LogP contribution >= 0.6 is 0 Å². The summed E-state index contributed by atoms with van der Waals surface area (Å²) in [4.78, 5) is 11.9. The van der Waals surface area contributed by atoms with E-state index in [2.05, 4.69) is 5.32 Å². The quantitative estimate of drug-likeness (QED) is 0.909. The largest absolute Gasteiger partial charge is 0.484 e. The van der Waals surface area contributed by atoms with Crippen LogP contribution in [0, 0.1) is 13.8 Å². The van der Waals surface area contributed by atoms with Crippen molar-refractivity contribution in [2.45, 2.75) is 20.0 Å². The average Bonchev–Trinajstić information content (AvgIpc) is 2.49. The lowest BCUT2D eigenvalue weighted by Gasteiger charge is -2.12. The first kappa shape index (κ1) is 16.9. The van der Waals surface area contributed by atoms with Gasteiger partial charge in [0.05, 0.1) is 5.56 Å². The van der Waals surface area contributed by atoms with E-state index in [4.69, 9.17) is 4.74 Å². The summed E-state index contributed by atoms with van der Waals surface area (Å²) < 4.78 is 42.9. The number of amides is 1. The van der Waals surface area contributed by atoms with Crippen molar-refractivity contribution in [3.8, 4) is 5.75 Å². The Morgan fingerprint density at radius 3 is 2.52 bits per heavy atom. The highest BCUT2D eigenvalue weighted by Gasteiger charge is 2.30. The predicted molar refractivity (Wildman–Crippen MR) is 81.5 cm³/mol. The van der Waals surface area contributed by atoms with Gasteiger partial charge in [0, 0.05) is 5.69 Å². The summed E-state index contributed by atoms with van der Waals surface area (Å²) in [5, 5.41) is 2.68. The van der Waals surface area contributed by atoms with E-state index in [0.29, 0.717) is 5.69 Å². The first-order chi connectivity index (χ1) is 10.8. The van der Waals surface area contributed by atoms with Crippen molar-refractivity contribution in [3.05, 3.63) is 59.2 Å². The second-order valence-electron chi connectivity index (χ2n) is 5.11. The standard InChI is InChI=1S/C17H16F3NO2/c1-11-5-3-8-15(12(11)2)21-16(22)10-23-14-7-4-6-13(9-14)17(18,19)20/h3-9H,10H2,1-2H3,(H,21,22). The minimum atomic E-state index is -4.44. The van der Waals surface area contributed by atoms with Crippen molar-refractivity contribution in [2.24, 2.45) is 0 Å². The van der Waals surface area contributed by atoms with Gasteiger partial charge in [0.15, 0.2) is 6.61 Å². The van der Waals surface area contributed by atoms with E-state index in [1.54, 1.807) is 6.07 Å². The predicted octanol–water partition coefficient (Wildman–Crippen LogP) is 4.34. The fourth-order valence-corrected chi connectivity index (χ4v) is 1.98. The Balaban J connectivity index is 1.98. The molecule has 2 aromatic carbocycles. The summed E-state index contributed by atoms with van der Waals surface area (Å²) in [5.41, 5.74) is 1.80. The Hall–Kier alpha value is -2.50. The molecule has 122 valence electrons. The second kappa shape index (κ2) is 6.73. The van der Waals surface area contributed by atoms with Gasteiger partial charge in [-0.05, 0) is 49.2 Å². The van der Waals surface area contributed by atoms with Crippen molar-refractivity contribution < 1.29 is 22.7 Å². The Morgan fingerprint density at radius 2 is 1.83 bits per heavy atom. The van der Waals surface area contributed by atoms with E-state index in [1.807, 2.05) is 26.0 Å². The molecule has 0 aliphatic rings. The number of nitrogens with one attached hydrogen (secondary N) is 1. The third-order valence-corrected chi connectivity index (χ3v) is 3.41. The normalized spacial score (nSPS) is 11.2. The Morgan fingerprint density at radius 1 is 1.13 bits per heavy atom. The fourth-order valence-electron chi connectivity index (χ4n) is 1.98. The molecule has 2 aromatic rings. The van der Waals surface area contributed by atoms with Crippen molar-refractivity contribution >= 4 is 11.6 Å². The van der Waals surface area contributed by atoms with Gasteiger partial charge in [-0.25, -0.2) is 0 Å². The number of hydrogen-bond donors (Lipinski definition) is 1. The molecule has 0 fully saturated rings. The molecule has 1 N–H and O–H groups in total. The number of alkyl halides is 3. The Bertz CT molecular complexity index is 711. The van der Waals surface area contributed by atoms with Gasteiger partial charge in [-0.3, -0.25) is 4.79 Å². The van der Waals surface area contributed by atoms with E-state index < -0.39 is 17.6 Å². The SMILES string of the molecule is Cc1cccc(NC(=O)COc2cccc(C(F)(F)F)c2)c1C. The van der Waals surface area contributed by atoms with Gasteiger partial charge in [-0.15, -0.1) is 0 Å². The molecule has 0 heterocycles. The lowest BCUT2D eigenvalue weighted by atomic mass is 10.1. The minimum Gasteiger partial charge on any atom is -0.484 e. The molecule has 0 saturated heterocycles. The van der Waals surface area contributed by atoms with Gasteiger partial charge < -0.3 is 10.1 Å². The molecule has 0 atom stereocenters. The number of halogens is 3. The molecule has 0 aliphatic carbocycles. The first-order valence-electron chi connectivity index (χ1n) is 6.93. The number of benzene rings is 2. The zero-order valence-electron chi connectivity index (χ0n) is 12.7. The molecule has 23 heavy (non-hydrogen) atoms. The highest BCUT2D eigenvalue weighted by atomic mass is 19.4. The topological polar surface area (TPSA) is 38.3 Å². The third-order valence-electron chi connectivity index (χ3n) is 3.41. The highest BCUT2D eigenvalue weighted by Crippen LogP contribution is 2.31. The third kappa shape index (κ3) is 4.48. The number of anilines is 1. The molecule has 3 nitrogen and oxygen atoms in total. The smallest absolute Gasteiger partial charge is 0.416 e. The molecule has 0 spiro atoms. The molecule has 0 aliphatic heterocycles. The number of carbonyl (C=O) groups is 1. The summed E-state index contributed by atoms with van der Waals surface area (Å²) >= 11 is 0. The molecule has 0 unspecified atom stereocenters. The van der Waals surface area contributed by atoms with Crippen LogP contribution in [0.5, 0.6) is 5.75 Å². The van der Waals surface area contributed by atoms with Crippen LogP contribution in [0.2, 0.25) is 0 Å². The van der Waals surface area contributed by atoms with Crippen LogP contribution in [-0.4, -0.2) is 12.5 Å². The zero-order chi connectivity index (χ0) is 17.0. The summed E-state index contributed by atoms with van der Waals surface area (Å²) in [6, 6.07) is 9.91. The van der Waals surface area contributed by atoms with Crippen molar-refractivity contribution in [2.75, 3.05) is 11.9 Å². The summed E-state index contributed by atoms with van der Waals surface area (Å²) in [6.07, 6.45) is -4.44. The van der Waals surface area contributed by atoms with E-state index in [1.165, 1.54) is 12.1 Å². The number of carbonyl (C=O) groups excluding carboxylic acids is 1. The monoisotopic (exact) mass is 323 g/mol. The van der Waals surface area contributed by atoms with Crippen LogP contribution in [0.3, 0.4) is 0 Å². The molecule has 2 rings (SSSR count). The molecular weight excluding hydrogens is 307 g/mol. The molecule has 0 saturated carbocycles. The summed E-state index contributed by atoms with van der Waals surface area (Å²) in [6.45, 7) is 3.43. The van der Waals surface area contributed by atoms with Crippen LogP contribution < -0.4 is 10.1 Å². The Labute approximate surface area is 132 Å².